The van der Waals surface area contributed by atoms with Crippen molar-refractivity contribution in [2.75, 3.05) is 18.0 Å². The monoisotopic (exact) mass is 251 g/mol. The Kier molecular flexibility index (Phi) is 3.51. The summed E-state index contributed by atoms with van der Waals surface area (Å²) in [6.45, 7) is 3.48. The van der Waals surface area contributed by atoms with Gasteiger partial charge in [-0.2, -0.15) is 5.26 Å². The summed E-state index contributed by atoms with van der Waals surface area (Å²) in [5.74, 6) is 0.919. The summed E-state index contributed by atoms with van der Waals surface area (Å²) >= 11 is 5.87. The van der Waals surface area contributed by atoms with E-state index < -0.39 is 0 Å². The van der Waals surface area contributed by atoms with Crippen molar-refractivity contribution in [3.8, 4) is 6.07 Å². The molecule has 1 aliphatic heterocycles. The molecule has 1 saturated heterocycles. The standard InChI is InChI=1S/C12H14ClN3O/c1-8-7-16(3-2-10(8)17)12-5-9(6-14)4-11(13)15-12/h4-5,8,10,17H,2-3,7H2,1H3. The highest BCUT2D eigenvalue weighted by Gasteiger charge is 2.25. The third-order valence-corrected chi connectivity index (χ3v) is 3.29. The predicted octanol–water partition coefficient (Wildman–Crippen LogP) is 1.81. The minimum atomic E-state index is -0.249. The fraction of sp³-hybridized carbons (Fsp3) is 0.500. The Morgan fingerprint density at radius 2 is 2.35 bits per heavy atom. The summed E-state index contributed by atoms with van der Waals surface area (Å²) in [5, 5.41) is 18.9. The van der Waals surface area contributed by atoms with E-state index in [-0.39, 0.29) is 12.0 Å². The van der Waals surface area contributed by atoms with E-state index in [1.807, 2.05) is 6.92 Å². The number of hydrogen-bond donors (Lipinski definition) is 1. The van der Waals surface area contributed by atoms with Crippen molar-refractivity contribution >= 4 is 17.4 Å². The smallest absolute Gasteiger partial charge is 0.132 e. The van der Waals surface area contributed by atoms with Gasteiger partial charge in [-0.1, -0.05) is 18.5 Å². The van der Waals surface area contributed by atoms with Gasteiger partial charge in [0.1, 0.15) is 11.0 Å². The van der Waals surface area contributed by atoms with Gasteiger partial charge in [0.2, 0.25) is 0 Å². The first-order valence-corrected chi connectivity index (χ1v) is 5.98. The lowest BCUT2D eigenvalue weighted by molar-refractivity contribution is 0.0969. The summed E-state index contributed by atoms with van der Waals surface area (Å²) in [6.07, 6.45) is 0.470. The van der Waals surface area contributed by atoms with Gasteiger partial charge in [-0.05, 0) is 24.5 Å². The number of nitrogens with zero attached hydrogens (tertiary/aromatic N) is 3. The van der Waals surface area contributed by atoms with E-state index in [1.165, 1.54) is 0 Å². The Hall–Kier alpha value is -1.31. The quantitative estimate of drug-likeness (QED) is 0.774. The van der Waals surface area contributed by atoms with Crippen molar-refractivity contribution in [2.24, 2.45) is 5.92 Å². The molecule has 0 radical (unpaired) electrons. The van der Waals surface area contributed by atoms with E-state index in [1.54, 1.807) is 12.1 Å². The van der Waals surface area contributed by atoms with Crippen molar-refractivity contribution in [2.45, 2.75) is 19.4 Å². The van der Waals surface area contributed by atoms with Gasteiger partial charge in [-0.15, -0.1) is 0 Å². The fourth-order valence-electron chi connectivity index (χ4n) is 2.05. The number of rotatable bonds is 1. The largest absolute Gasteiger partial charge is 0.393 e. The topological polar surface area (TPSA) is 60.2 Å². The Labute approximate surface area is 105 Å². The molecule has 1 aromatic rings. The number of pyridine rings is 1. The zero-order chi connectivity index (χ0) is 12.4. The SMILES string of the molecule is CC1CN(c2cc(C#N)cc(Cl)n2)CCC1O. The molecule has 0 saturated carbocycles. The minimum Gasteiger partial charge on any atom is -0.393 e. The Morgan fingerprint density at radius 3 is 3.00 bits per heavy atom. The van der Waals surface area contributed by atoms with Crippen molar-refractivity contribution in [3.05, 3.63) is 22.8 Å². The van der Waals surface area contributed by atoms with E-state index in [4.69, 9.17) is 16.9 Å². The maximum Gasteiger partial charge on any atom is 0.132 e. The van der Waals surface area contributed by atoms with Gasteiger partial charge in [0.05, 0.1) is 17.7 Å². The molecule has 90 valence electrons. The summed E-state index contributed by atoms with van der Waals surface area (Å²) < 4.78 is 0. The molecular weight excluding hydrogens is 238 g/mol. The average molecular weight is 252 g/mol. The molecule has 0 spiro atoms. The number of aliphatic hydroxyl groups excluding tert-OH is 1. The summed E-state index contributed by atoms with van der Waals surface area (Å²) in [7, 11) is 0. The predicted molar refractivity (Wildman–Crippen MR) is 66.0 cm³/mol. The molecule has 1 fully saturated rings. The molecule has 1 aromatic heterocycles. The highest BCUT2D eigenvalue weighted by molar-refractivity contribution is 6.29. The van der Waals surface area contributed by atoms with Crippen LogP contribution in [0.3, 0.4) is 0 Å². The molecule has 0 amide bonds. The first kappa shape index (κ1) is 12.2. The normalized spacial score (nSPS) is 24.5. The van der Waals surface area contributed by atoms with Gasteiger partial charge in [0, 0.05) is 13.1 Å². The third-order valence-electron chi connectivity index (χ3n) is 3.09. The lowest BCUT2D eigenvalue weighted by Crippen LogP contribution is -2.42. The highest BCUT2D eigenvalue weighted by atomic mass is 35.5. The van der Waals surface area contributed by atoms with Crippen LogP contribution in [0, 0.1) is 17.2 Å². The molecule has 2 rings (SSSR count). The van der Waals surface area contributed by atoms with E-state index >= 15 is 0 Å². The number of nitriles is 1. The van der Waals surface area contributed by atoms with Crippen LogP contribution >= 0.6 is 11.6 Å². The van der Waals surface area contributed by atoms with Crippen LogP contribution in [0.1, 0.15) is 18.9 Å². The van der Waals surface area contributed by atoms with E-state index in [0.29, 0.717) is 16.5 Å². The number of halogens is 1. The second-order valence-corrected chi connectivity index (χ2v) is 4.82. The zero-order valence-electron chi connectivity index (χ0n) is 9.60. The van der Waals surface area contributed by atoms with Crippen LogP contribution < -0.4 is 4.90 Å². The second kappa shape index (κ2) is 4.91. The van der Waals surface area contributed by atoms with Crippen LogP contribution in [0.2, 0.25) is 5.15 Å². The Bertz CT molecular complexity index is 458. The van der Waals surface area contributed by atoms with Gasteiger partial charge >= 0.3 is 0 Å². The van der Waals surface area contributed by atoms with E-state index in [9.17, 15) is 5.11 Å². The van der Waals surface area contributed by atoms with Crippen LogP contribution in [0.4, 0.5) is 5.82 Å². The number of hydrogen-bond acceptors (Lipinski definition) is 4. The lowest BCUT2D eigenvalue weighted by Gasteiger charge is -2.35. The zero-order valence-corrected chi connectivity index (χ0v) is 10.4. The first-order chi connectivity index (χ1) is 8.10. The Morgan fingerprint density at radius 1 is 1.59 bits per heavy atom. The van der Waals surface area contributed by atoms with Crippen molar-refractivity contribution in [1.29, 1.82) is 5.26 Å². The molecule has 2 unspecified atom stereocenters. The molecule has 2 atom stereocenters. The molecule has 4 nitrogen and oxygen atoms in total. The van der Waals surface area contributed by atoms with Gasteiger partial charge in [0.25, 0.3) is 0 Å². The number of aromatic nitrogens is 1. The van der Waals surface area contributed by atoms with Crippen LogP contribution in [-0.2, 0) is 0 Å². The average Bonchev–Trinajstić information content (AvgIpc) is 2.32. The molecule has 0 aromatic carbocycles. The molecule has 0 bridgehead atoms. The maximum atomic E-state index is 9.67. The fourth-order valence-corrected chi connectivity index (χ4v) is 2.26. The lowest BCUT2D eigenvalue weighted by atomic mass is 9.97. The van der Waals surface area contributed by atoms with Gasteiger partial charge in [-0.3, -0.25) is 0 Å². The molecule has 0 aliphatic carbocycles. The van der Waals surface area contributed by atoms with Crippen molar-refractivity contribution in [1.82, 2.24) is 4.98 Å². The number of anilines is 1. The molecule has 5 heteroatoms. The minimum absolute atomic E-state index is 0.204. The van der Waals surface area contributed by atoms with Crippen LogP contribution in [-0.4, -0.2) is 29.3 Å². The number of piperidine rings is 1. The second-order valence-electron chi connectivity index (χ2n) is 4.43. The Balaban J connectivity index is 2.23. The van der Waals surface area contributed by atoms with Crippen molar-refractivity contribution < 1.29 is 5.11 Å². The van der Waals surface area contributed by atoms with Gasteiger partial charge in [-0.25, -0.2) is 4.98 Å². The molecule has 2 heterocycles. The van der Waals surface area contributed by atoms with Crippen LogP contribution in [0.5, 0.6) is 0 Å². The van der Waals surface area contributed by atoms with Gasteiger partial charge in [0.15, 0.2) is 0 Å². The van der Waals surface area contributed by atoms with Crippen LogP contribution in [0.15, 0.2) is 12.1 Å². The van der Waals surface area contributed by atoms with Crippen molar-refractivity contribution in [3.63, 3.8) is 0 Å². The van der Waals surface area contributed by atoms with E-state index in [0.717, 1.165) is 19.5 Å². The maximum absolute atomic E-state index is 9.67. The molecule has 1 aliphatic rings. The summed E-state index contributed by atoms with van der Waals surface area (Å²) in [5.41, 5.74) is 0.513. The van der Waals surface area contributed by atoms with E-state index in [2.05, 4.69) is 16.0 Å². The molecule has 17 heavy (non-hydrogen) atoms. The summed E-state index contributed by atoms with van der Waals surface area (Å²) in [4.78, 5) is 6.28. The number of aliphatic hydroxyl groups is 1. The summed E-state index contributed by atoms with van der Waals surface area (Å²) in [6, 6.07) is 5.35. The molecular formula is C12H14ClN3O. The highest BCUT2D eigenvalue weighted by Crippen LogP contribution is 2.24. The van der Waals surface area contributed by atoms with Gasteiger partial charge < -0.3 is 10.0 Å². The molecule has 1 N–H and O–H groups in total. The third kappa shape index (κ3) is 2.68. The van der Waals surface area contributed by atoms with Crippen LogP contribution in [0.25, 0.3) is 0 Å². The first-order valence-electron chi connectivity index (χ1n) is 5.61.